The van der Waals surface area contributed by atoms with Crippen molar-refractivity contribution >= 4 is 17.4 Å². The first kappa shape index (κ1) is 14.3. The predicted octanol–water partition coefficient (Wildman–Crippen LogP) is 3.90. The molecule has 0 heterocycles. The number of thioether (sulfide) groups is 1. The fourth-order valence-corrected chi connectivity index (χ4v) is 2.50. The van der Waals surface area contributed by atoms with E-state index < -0.39 is 0 Å². The van der Waals surface area contributed by atoms with Crippen molar-refractivity contribution in [3.8, 4) is 11.8 Å². The lowest BCUT2D eigenvalue weighted by molar-refractivity contribution is 0.413. The van der Waals surface area contributed by atoms with Gasteiger partial charge in [-0.2, -0.15) is 5.26 Å². The van der Waals surface area contributed by atoms with Crippen molar-refractivity contribution in [2.45, 2.75) is 11.4 Å². The second-order valence-electron chi connectivity index (χ2n) is 4.20. The van der Waals surface area contributed by atoms with Crippen molar-refractivity contribution in [1.29, 1.82) is 5.26 Å². The molecule has 0 saturated carbocycles. The Balaban J connectivity index is 2.13. The van der Waals surface area contributed by atoms with Gasteiger partial charge in [0, 0.05) is 17.1 Å². The number of hydrogen-bond donors (Lipinski definition) is 1. The molecule has 20 heavy (non-hydrogen) atoms. The van der Waals surface area contributed by atoms with Crippen LogP contribution < -0.4 is 10.1 Å². The van der Waals surface area contributed by atoms with E-state index >= 15 is 0 Å². The number of nitrogens with zero attached hydrogens (tertiary/aromatic N) is 1. The first-order chi connectivity index (χ1) is 9.78. The van der Waals surface area contributed by atoms with Crippen LogP contribution in [0.3, 0.4) is 0 Å². The summed E-state index contributed by atoms with van der Waals surface area (Å²) >= 11 is 1.71. The summed E-state index contributed by atoms with van der Waals surface area (Å²) in [6.07, 6.45) is 2.06. The Hall–Kier alpha value is -2.12. The summed E-state index contributed by atoms with van der Waals surface area (Å²) in [6.45, 7) is 0.694. The summed E-state index contributed by atoms with van der Waals surface area (Å²) < 4.78 is 5.22. The standard InChI is InChI=1S/C16H16N2OS/c1-19-15-9-12(7-8-13(15)10-17)11-18-14-5-3-4-6-16(14)20-2/h3-9,18H,11H2,1-2H3. The minimum absolute atomic E-state index is 0.556. The number of methoxy groups -OCH3 is 1. The minimum Gasteiger partial charge on any atom is -0.495 e. The molecule has 4 heteroatoms. The highest BCUT2D eigenvalue weighted by atomic mass is 32.2. The third kappa shape index (κ3) is 3.25. The number of nitrogens with one attached hydrogen (secondary N) is 1. The van der Waals surface area contributed by atoms with Gasteiger partial charge in [0.15, 0.2) is 0 Å². The number of hydrogen-bond acceptors (Lipinski definition) is 4. The van der Waals surface area contributed by atoms with Crippen LogP contribution in [0.1, 0.15) is 11.1 Å². The van der Waals surface area contributed by atoms with Gasteiger partial charge in [0.05, 0.1) is 12.7 Å². The summed E-state index contributed by atoms with van der Waals surface area (Å²) in [5, 5.41) is 12.4. The van der Waals surface area contributed by atoms with Gasteiger partial charge < -0.3 is 10.1 Å². The Labute approximate surface area is 123 Å². The quantitative estimate of drug-likeness (QED) is 0.846. The molecule has 0 aliphatic carbocycles. The van der Waals surface area contributed by atoms with Crippen LogP contribution in [-0.2, 0) is 6.54 Å². The molecule has 0 atom stereocenters. The summed E-state index contributed by atoms with van der Waals surface area (Å²) in [6, 6.07) is 15.9. The third-order valence-electron chi connectivity index (χ3n) is 2.98. The van der Waals surface area contributed by atoms with Gasteiger partial charge in [-0.1, -0.05) is 18.2 Å². The zero-order valence-electron chi connectivity index (χ0n) is 11.5. The van der Waals surface area contributed by atoms with E-state index in [4.69, 9.17) is 10.00 Å². The van der Waals surface area contributed by atoms with E-state index in [1.807, 2.05) is 24.3 Å². The van der Waals surface area contributed by atoms with Crippen LogP contribution in [0.5, 0.6) is 5.75 Å². The van der Waals surface area contributed by atoms with Crippen LogP contribution in [0.2, 0.25) is 0 Å². The molecule has 0 amide bonds. The zero-order chi connectivity index (χ0) is 14.4. The summed E-state index contributed by atoms with van der Waals surface area (Å²) in [5.74, 6) is 0.616. The summed E-state index contributed by atoms with van der Waals surface area (Å²) in [4.78, 5) is 1.22. The second-order valence-corrected chi connectivity index (χ2v) is 5.05. The maximum atomic E-state index is 8.97. The Kier molecular flexibility index (Phi) is 4.91. The highest BCUT2D eigenvalue weighted by molar-refractivity contribution is 7.98. The van der Waals surface area contributed by atoms with Crippen LogP contribution in [-0.4, -0.2) is 13.4 Å². The second kappa shape index (κ2) is 6.88. The molecule has 0 aliphatic rings. The number of benzene rings is 2. The molecule has 2 aromatic rings. The minimum atomic E-state index is 0.556. The van der Waals surface area contributed by atoms with E-state index in [1.165, 1.54) is 4.90 Å². The number of rotatable bonds is 5. The monoisotopic (exact) mass is 284 g/mol. The SMILES string of the molecule is COc1cc(CNc2ccccc2SC)ccc1C#N. The molecule has 2 rings (SSSR count). The lowest BCUT2D eigenvalue weighted by Crippen LogP contribution is -2.01. The maximum Gasteiger partial charge on any atom is 0.136 e. The molecule has 0 saturated heterocycles. The van der Waals surface area contributed by atoms with Crippen molar-refractivity contribution in [3.05, 3.63) is 53.6 Å². The van der Waals surface area contributed by atoms with E-state index in [0.717, 1.165) is 11.3 Å². The molecule has 0 radical (unpaired) electrons. The van der Waals surface area contributed by atoms with Crippen LogP contribution in [0.15, 0.2) is 47.4 Å². The molecular weight excluding hydrogens is 268 g/mol. The van der Waals surface area contributed by atoms with Crippen LogP contribution in [0.4, 0.5) is 5.69 Å². The molecule has 0 aromatic heterocycles. The van der Waals surface area contributed by atoms with Crippen molar-refractivity contribution in [1.82, 2.24) is 0 Å². The molecule has 0 unspecified atom stereocenters. The zero-order valence-corrected chi connectivity index (χ0v) is 12.3. The van der Waals surface area contributed by atoms with Gasteiger partial charge in [-0.15, -0.1) is 11.8 Å². The molecule has 0 bridgehead atoms. The maximum absolute atomic E-state index is 8.97. The van der Waals surface area contributed by atoms with Gasteiger partial charge in [0.1, 0.15) is 11.8 Å². The fourth-order valence-electron chi connectivity index (χ4n) is 1.93. The fraction of sp³-hybridized carbons (Fsp3) is 0.188. The Bertz CT molecular complexity index is 635. The van der Waals surface area contributed by atoms with Crippen LogP contribution in [0.25, 0.3) is 0 Å². The number of para-hydroxylation sites is 1. The van der Waals surface area contributed by atoms with Crippen molar-refractivity contribution in [2.24, 2.45) is 0 Å². The average molecular weight is 284 g/mol. The molecule has 0 aliphatic heterocycles. The summed E-state index contributed by atoms with van der Waals surface area (Å²) in [5.41, 5.74) is 2.75. The van der Waals surface area contributed by atoms with Crippen LogP contribution in [0, 0.1) is 11.3 Å². The Morgan fingerprint density at radius 3 is 2.75 bits per heavy atom. The predicted molar refractivity (Wildman–Crippen MR) is 83.3 cm³/mol. The molecule has 1 N–H and O–H groups in total. The Morgan fingerprint density at radius 2 is 2.05 bits per heavy atom. The van der Waals surface area contributed by atoms with Gasteiger partial charge in [-0.05, 0) is 36.1 Å². The van der Waals surface area contributed by atoms with E-state index in [-0.39, 0.29) is 0 Å². The molecule has 0 fully saturated rings. The number of anilines is 1. The molecule has 3 nitrogen and oxygen atoms in total. The molecule has 2 aromatic carbocycles. The first-order valence-electron chi connectivity index (χ1n) is 6.22. The van der Waals surface area contributed by atoms with Crippen LogP contribution >= 0.6 is 11.8 Å². The molecular formula is C16H16N2OS. The normalized spacial score (nSPS) is 9.85. The number of nitriles is 1. The van der Waals surface area contributed by atoms with Gasteiger partial charge >= 0.3 is 0 Å². The molecule has 0 spiro atoms. The van der Waals surface area contributed by atoms with E-state index in [1.54, 1.807) is 24.9 Å². The van der Waals surface area contributed by atoms with Crippen molar-refractivity contribution in [2.75, 3.05) is 18.7 Å². The van der Waals surface area contributed by atoms with E-state index in [2.05, 4.69) is 29.8 Å². The van der Waals surface area contributed by atoms with Gasteiger partial charge in [0.25, 0.3) is 0 Å². The van der Waals surface area contributed by atoms with Crippen molar-refractivity contribution in [3.63, 3.8) is 0 Å². The van der Waals surface area contributed by atoms with E-state index in [0.29, 0.717) is 17.9 Å². The van der Waals surface area contributed by atoms with Gasteiger partial charge in [-0.3, -0.25) is 0 Å². The summed E-state index contributed by atoms with van der Waals surface area (Å²) in [7, 11) is 1.58. The lowest BCUT2D eigenvalue weighted by Gasteiger charge is -2.11. The highest BCUT2D eigenvalue weighted by Gasteiger charge is 2.04. The number of ether oxygens (including phenoxy) is 1. The topological polar surface area (TPSA) is 45.0 Å². The highest BCUT2D eigenvalue weighted by Crippen LogP contribution is 2.26. The largest absolute Gasteiger partial charge is 0.495 e. The van der Waals surface area contributed by atoms with Crippen molar-refractivity contribution < 1.29 is 4.74 Å². The Morgan fingerprint density at radius 1 is 1.25 bits per heavy atom. The van der Waals surface area contributed by atoms with Gasteiger partial charge in [-0.25, -0.2) is 0 Å². The lowest BCUT2D eigenvalue weighted by atomic mass is 10.1. The van der Waals surface area contributed by atoms with E-state index in [9.17, 15) is 0 Å². The third-order valence-corrected chi connectivity index (χ3v) is 3.77. The van der Waals surface area contributed by atoms with Gasteiger partial charge in [0.2, 0.25) is 0 Å². The molecule has 102 valence electrons. The first-order valence-corrected chi connectivity index (χ1v) is 7.45. The smallest absolute Gasteiger partial charge is 0.136 e. The average Bonchev–Trinajstić information content (AvgIpc) is 2.52.